The van der Waals surface area contributed by atoms with Crippen molar-refractivity contribution >= 4 is 34.0 Å². The average Bonchev–Trinajstić information content (AvgIpc) is 3.36. The lowest BCUT2D eigenvalue weighted by molar-refractivity contribution is -0.160. The van der Waals surface area contributed by atoms with Crippen LogP contribution in [0.5, 0.6) is 23.0 Å². The summed E-state index contributed by atoms with van der Waals surface area (Å²) < 4.78 is 23.5. The molecule has 9 unspecified atom stereocenters. The Kier molecular flexibility index (Phi) is 10.7. The predicted molar refractivity (Wildman–Crippen MR) is 194 cm³/mol. The number of ketones is 1. The molecule has 7 rings (SSSR count). The Morgan fingerprint density at radius 3 is 2.29 bits per heavy atom. The molecule has 0 spiro atoms. The summed E-state index contributed by atoms with van der Waals surface area (Å²) in [6.07, 6.45) is 4.50. The van der Waals surface area contributed by atoms with Gasteiger partial charge in [-0.15, -0.1) is 0 Å². The third kappa shape index (κ3) is 6.50. The van der Waals surface area contributed by atoms with E-state index >= 15 is 0 Å². The Hall–Kier alpha value is -4.59. The number of methoxy groups -OCH3 is 1. The number of benzene rings is 2. The van der Waals surface area contributed by atoms with Crippen LogP contribution in [0.3, 0.4) is 0 Å². The number of ether oxygens (including phenoxy) is 4. The van der Waals surface area contributed by atoms with E-state index in [1.54, 1.807) is 50.9 Å². The Morgan fingerprint density at radius 2 is 1.65 bits per heavy atom. The summed E-state index contributed by atoms with van der Waals surface area (Å²) in [5.74, 6) is -6.03. The zero-order valence-corrected chi connectivity index (χ0v) is 31.3. The highest BCUT2D eigenvalue weighted by atomic mass is 16.7. The summed E-state index contributed by atoms with van der Waals surface area (Å²) in [7, 11) is 3.22. The standard InChI is InChI=1S/C39H50N2O11/c1-17-12-11-13-18(2)38-40-29-24(16-41(38)9)33(46)26-27(34(29)47)32(45)22(6)36-28(26)37(48)39(8,52-36)50-15-14-25(49-10)19(3)35(51-23(7)42)21(5)31(44)20(4)30(17)43/h11-15,17,19-21,25,30-31,35,43-47H,16H2,1-10H3/b12-11+,15-14+,18-13-. The molecule has 5 aliphatic rings. The summed E-state index contributed by atoms with van der Waals surface area (Å²) in [4.78, 5) is 32.9. The molecular formula is C39H50N2O11. The molecule has 2 aromatic carbocycles. The maximum absolute atomic E-state index is 14.2. The molecule has 52 heavy (non-hydrogen) atoms. The van der Waals surface area contributed by atoms with Crippen molar-refractivity contribution in [3.63, 3.8) is 0 Å². The van der Waals surface area contributed by atoms with Crippen LogP contribution in [0.4, 0.5) is 5.69 Å². The van der Waals surface area contributed by atoms with Crippen LogP contribution >= 0.6 is 0 Å². The van der Waals surface area contributed by atoms with E-state index in [-0.39, 0.29) is 57.1 Å². The summed E-state index contributed by atoms with van der Waals surface area (Å²) in [6.45, 7) is 13.2. The third-order valence-corrected chi connectivity index (χ3v) is 10.8. The number of esters is 1. The molecular weight excluding hydrogens is 672 g/mol. The minimum Gasteiger partial charge on any atom is -0.507 e. The molecule has 0 fully saturated rings. The minimum atomic E-state index is -1.95. The number of carbonyl (C=O) groups excluding carboxylic acids is 2. The van der Waals surface area contributed by atoms with E-state index in [2.05, 4.69) is 0 Å². The number of carbonyl (C=O) groups is 2. The minimum absolute atomic E-state index is 0.00933. The Morgan fingerprint density at radius 1 is 0.981 bits per heavy atom. The van der Waals surface area contributed by atoms with Crippen LogP contribution in [0.1, 0.15) is 70.0 Å². The number of phenols is 3. The van der Waals surface area contributed by atoms with E-state index in [0.717, 1.165) is 0 Å². The number of aliphatic hydroxyl groups excluding tert-OH is 2. The number of nitrogens with zero attached hydrogens (tertiary/aromatic N) is 2. The fraction of sp³-hybridized carbons (Fsp3) is 0.513. The average molecular weight is 723 g/mol. The van der Waals surface area contributed by atoms with Crippen LogP contribution in [0.25, 0.3) is 10.8 Å². The highest BCUT2D eigenvalue weighted by molar-refractivity contribution is 6.21. The summed E-state index contributed by atoms with van der Waals surface area (Å²) in [5.41, 5.74) is 1.09. The van der Waals surface area contributed by atoms with Gasteiger partial charge in [0.1, 0.15) is 34.9 Å². The fourth-order valence-electron chi connectivity index (χ4n) is 7.59. The molecule has 0 radical (unpaired) electrons. The zero-order chi connectivity index (χ0) is 38.6. The first-order valence-electron chi connectivity index (χ1n) is 17.4. The first-order chi connectivity index (χ1) is 24.4. The van der Waals surface area contributed by atoms with E-state index < -0.39 is 71.2 Å². The van der Waals surface area contributed by atoms with Crippen molar-refractivity contribution in [2.24, 2.45) is 28.7 Å². The molecule has 2 aromatic rings. The fourth-order valence-corrected chi connectivity index (χ4v) is 7.59. The number of hydrogen-bond acceptors (Lipinski definition) is 13. The number of rotatable bonds is 2. The van der Waals surface area contributed by atoms with E-state index in [0.29, 0.717) is 11.4 Å². The number of Topliss-reactive ketones (excluding diaryl/α,β-unsaturated/α-hetero) is 1. The van der Waals surface area contributed by atoms with E-state index in [4.69, 9.17) is 23.9 Å². The van der Waals surface area contributed by atoms with Crippen LogP contribution in [-0.4, -0.2) is 92.4 Å². The maximum atomic E-state index is 14.2. The largest absolute Gasteiger partial charge is 0.507 e. The van der Waals surface area contributed by atoms with E-state index in [9.17, 15) is 35.1 Å². The van der Waals surface area contributed by atoms with Crippen molar-refractivity contribution in [3.8, 4) is 23.0 Å². The van der Waals surface area contributed by atoms with Gasteiger partial charge in [0.15, 0.2) is 5.75 Å². The number of allylic oxidation sites excluding steroid dienone is 2. The Bertz CT molecular complexity index is 1900. The number of aliphatic hydroxyl groups is 2. The van der Waals surface area contributed by atoms with Crippen LogP contribution < -0.4 is 4.74 Å². The number of hydrogen-bond donors (Lipinski definition) is 5. The van der Waals surface area contributed by atoms with E-state index in [1.807, 2.05) is 13.8 Å². The summed E-state index contributed by atoms with van der Waals surface area (Å²) >= 11 is 0. The second kappa shape index (κ2) is 14.4. The van der Waals surface area contributed by atoms with Crippen molar-refractivity contribution in [2.45, 2.75) is 92.1 Å². The normalized spacial score (nSPS) is 33.3. The van der Waals surface area contributed by atoms with Gasteiger partial charge >= 0.3 is 11.8 Å². The van der Waals surface area contributed by atoms with Crippen LogP contribution in [0, 0.1) is 30.6 Å². The first-order valence-corrected chi connectivity index (χ1v) is 17.4. The van der Waals surface area contributed by atoms with Gasteiger partial charge in [0.2, 0.25) is 0 Å². The molecule has 0 saturated heterocycles. The summed E-state index contributed by atoms with van der Waals surface area (Å²) in [5, 5.41) is 57.3. The third-order valence-electron chi connectivity index (χ3n) is 10.8. The molecule has 0 saturated carbocycles. The molecule has 5 heterocycles. The SMILES string of the molecule is COC1/C=C/OC2(C)Oc3c(C)c(O)c4c(O)c5c(c(O)c4c3C2=O)CN(C)C(=N5)/C(C)=C\C=C\C(C)C(O)C(C)C(O)C(C)C(OC(C)=O)C1C. The first kappa shape index (κ1) is 38.6. The Balaban J connectivity index is 1.70. The number of aliphatic imine (C=N–C) groups is 1. The predicted octanol–water partition coefficient (Wildman–Crippen LogP) is 5.29. The van der Waals surface area contributed by atoms with Gasteiger partial charge in [-0.2, -0.15) is 0 Å². The van der Waals surface area contributed by atoms with Gasteiger partial charge in [-0.1, -0.05) is 45.9 Å². The number of fused-ring (bicyclic) bond motifs is 1. The highest BCUT2D eigenvalue weighted by Crippen LogP contribution is 2.56. The van der Waals surface area contributed by atoms with Crippen LogP contribution in [0.2, 0.25) is 0 Å². The molecule has 0 amide bonds. The van der Waals surface area contributed by atoms with Gasteiger partial charge < -0.3 is 49.4 Å². The number of aromatic hydroxyl groups is 3. The van der Waals surface area contributed by atoms with Crippen LogP contribution in [-0.2, 0) is 25.5 Å². The Labute approximate surface area is 303 Å². The van der Waals surface area contributed by atoms with Crippen molar-refractivity contribution in [1.82, 2.24) is 4.90 Å². The lowest BCUT2D eigenvalue weighted by Gasteiger charge is -2.38. The van der Waals surface area contributed by atoms with Gasteiger partial charge in [-0.05, 0) is 25.5 Å². The molecule has 0 aromatic heterocycles. The second-order valence-electron chi connectivity index (χ2n) is 14.5. The van der Waals surface area contributed by atoms with Crippen molar-refractivity contribution in [1.29, 1.82) is 0 Å². The summed E-state index contributed by atoms with van der Waals surface area (Å²) in [6, 6.07) is 0. The lowest BCUT2D eigenvalue weighted by Crippen LogP contribution is -2.46. The van der Waals surface area contributed by atoms with Crippen molar-refractivity contribution in [3.05, 3.63) is 52.8 Å². The molecule has 13 heteroatoms. The molecule has 5 N–H and O–H groups in total. The number of phenolic OH excluding ortho intramolecular Hbond substituents is 3. The van der Waals surface area contributed by atoms with Gasteiger partial charge in [-0.3, -0.25) is 9.59 Å². The second-order valence-corrected chi connectivity index (χ2v) is 14.5. The van der Waals surface area contributed by atoms with Gasteiger partial charge in [0.05, 0.1) is 42.1 Å². The number of likely N-dealkylation sites (N-methyl/N-ethyl adjacent to an activating group) is 1. The molecule has 9 atom stereocenters. The quantitative estimate of drug-likeness (QED) is 0.199. The van der Waals surface area contributed by atoms with Crippen molar-refractivity contribution < 1.29 is 54.1 Å². The van der Waals surface area contributed by atoms with Gasteiger partial charge in [0, 0.05) is 68.2 Å². The molecule has 5 aliphatic heterocycles. The molecule has 282 valence electrons. The van der Waals surface area contributed by atoms with Gasteiger partial charge in [0.25, 0.3) is 5.78 Å². The van der Waals surface area contributed by atoms with E-state index in [1.165, 1.54) is 40.2 Å². The zero-order valence-electron chi connectivity index (χ0n) is 31.3. The van der Waals surface area contributed by atoms with Crippen LogP contribution in [0.15, 0.2) is 41.1 Å². The molecule has 0 aliphatic carbocycles. The highest BCUT2D eigenvalue weighted by Gasteiger charge is 2.50. The van der Waals surface area contributed by atoms with Crippen molar-refractivity contribution in [2.75, 3.05) is 14.2 Å². The molecule has 7 bridgehead atoms. The monoisotopic (exact) mass is 722 g/mol. The lowest BCUT2D eigenvalue weighted by atomic mass is 9.78. The molecule has 13 nitrogen and oxygen atoms in total. The topological polar surface area (TPSA) is 188 Å². The number of amidine groups is 1. The maximum Gasteiger partial charge on any atom is 0.312 e. The van der Waals surface area contributed by atoms with Gasteiger partial charge in [-0.25, -0.2) is 4.99 Å². The smallest absolute Gasteiger partial charge is 0.312 e.